The predicted octanol–water partition coefficient (Wildman–Crippen LogP) is 2.69. The first-order valence-corrected chi connectivity index (χ1v) is 4.24. The number of hydrogen-bond acceptors (Lipinski definition) is 2. The minimum Gasteiger partial charge on any atom is -0.168 e. The van der Waals surface area contributed by atoms with Gasteiger partial charge in [-0.1, -0.05) is 25.2 Å². The summed E-state index contributed by atoms with van der Waals surface area (Å²) in [6, 6.07) is 0. The van der Waals surface area contributed by atoms with Gasteiger partial charge in [0.05, 0.1) is 0 Å². The Morgan fingerprint density at radius 2 is 2.20 bits per heavy atom. The van der Waals surface area contributed by atoms with Gasteiger partial charge in [0.15, 0.2) is 0 Å². The van der Waals surface area contributed by atoms with Gasteiger partial charge in [-0.05, 0) is 11.8 Å². The molecule has 10 heavy (non-hydrogen) atoms. The van der Waals surface area contributed by atoms with Crippen LogP contribution in [-0.2, 0) is 0 Å². The van der Waals surface area contributed by atoms with E-state index in [0.717, 1.165) is 4.91 Å². The molecule has 0 heterocycles. The molecule has 0 nitrogen and oxygen atoms in total. The van der Waals surface area contributed by atoms with Crippen LogP contribution in [0.1, 0.15) is 13.8 Å². The van der Waals surface area contributed by atoms with Crippen molar-refractivity contribution in [1.29, 1.82) is 0 Å². The van der Waals surface area contributed by atoms with Crippen molar-refractivity contribution in [1.82, 2.24) is 0 Å². The highest BCUT2D eigenvalue weighted by Crippen LogP contribution is 2.35. The zero-order valence-corrected chi connectivity index (χ0v) is 7.99. The van der Waals surface area contributed by atoms with Crippen molar-refractivity contribution in [3.05, 3.63) is 23.1 Å². The smallest absolute Gasteiger partial charge is 0.0354 e. The van der Waals surface area contributed by atoms with Gasteiger partial charge in [0.1, 0.15) is 0 Å². The summed E-state index contributed by atoms with van der Waals surface area (Å²) in [5.41, 5.74) is 0. The lowest BCUT2D eigenvalue weighted by molar-refractivity contribution is 0.597. The molecule has 0 N–H and O–H groups in total. The lowest BCUT2D eigenvalue weighted by atomic mass is 9.90. The Hall–Kier alpha value is 0.180. The van der Waals surface area contributed by atoms with Gasteiger partial charge in [-0.2, -0.15) is 12.6 Å². The highest BCUT2D eigenvalue weighted by atomic mass is 32.1. The van der Waals surface area contributed by atoms with E-state index in [1.54, 1.807) is 0 Å². The second-order valence-corrected chi connectivity index (χ2v) is 4.38. The fraction of sp³-hybridized carbons (Fsp3) is 0.500. The summed E-state index contributed by atoms with van der Waals surface area (Å²) in [4.78, 5) is 1.11. The number of rotatable bonds is 0. The predicted molar refractivity (Wildman–Crippen MR) is 52.8 cm³/mol. The van der Waals surface area contributed by atoms with E-state index in [1.165, 1.54) is 0 Å². The fourth-order valence-electron chi connectivity index (χ4n) is 0.930. The third kappa shape index (κ3) is 1.43. The molecule has 0 radical (unpaired) electrons. The minimum atomic E-state index is -0.0220. The first kappa shape index (κ1) is 8.28. The van der Waals surface area contributed by atoms with Gasteiger partial charge >= 0.3 is 0 Å². The molecule has 0 bridgehead atoms. The van der Waals surface area contributed by atoms with Crippen molar-refractivity contribution in [2.75, 3.05) is 0 Å². The summed E-state index contributed by atoms with van der Waals surface area (Å²) in [6.45, 7) is 4.23. The van der Waals surface area contributed by atoms with Crippen molar-refractivity contribution >= 4 is 25.3 Å². The summed E-state index contributed by atoms with van der Waals surface area (Å²) < 4.78 is -0.0220. The number of thiol groups is 2. The average Bonchev–Trinajstić information content (AvgIpc) is 1.83. The van der Waals surface area contributed by atoms with Crippen LogP contribution in [0.3, 0.4) is 0 Å². The van der Waals surface area contributed by atoms with E-state index < -0.39 is 0 Å². The van der Waals surface area contributed by atoms with Crippen molar-refractivity contribution in [3.63, 3.8) is 0 Å². The van der Waals surface area contributed by atoms with Gasteiger partial charge in [0, 0.05) is 10.7 Å². The van der Waals surface area contributed by atoms with E-state index in [-0.39, 0.29) is 4.75 Å². The lowest BCUT2D eigenvalue weighted by Crippen LogP contribution is -2.25. The Morgan fingerprint density at radius 1 is 1.60 bits per heavy atom. The van der Waals surface area contributed by atoms with Crippen molar-refractivity contribution in [2.24, 2.45) is 5.92 Å². The molecule has 1 rings (SSSR count). The summed E-state index contributed by atoms with van der Waals surface area (Å²) in [7, 11) is 0. The van der Waals surface area contributed by atoms with Gasteiger partial charge < -0.3 is 0 Å². The van der Waals surface area contributed by atoms with Crippen LogP contribution in [0.4, 0.5) is 0 Å². The van der Waals surface area contributed by atoms with Gasteiger partial charge in [-0.15, -0.1) is 12.6 Å². The Labute approximate surface area is 73.2 Å². The highest BCUT2D eigenvalue weighted by Gasteiger charge is 2.27. The van der Waals surface area contributed by atoms with Crippen molar-refractivity contribution in [3.8, 4) is 0 Å². The Balaban J connectivity index is 2.89. The first-order valence-electron chi connectivity index (χ1n) is 3.35. The van der Waals surface area contributed by atoms with Crippen LogP contribution in [-0.4, -0.2) is 4.75 Å². The standard InChI is InChI=1S/C8H12S2/c1-6-7(9)4-3-5-8(6,2)10/h3-6,9-10H,1-2H3. The molecule has 0 amide bonds. The van der Waals surface area contributed by atoms with Crippen LogP contribution in [0.15, 0.2) is 23.1 Å². The van der Waals surface area contributed by atoms with Crippen LogP contribution in [0.25, 0.3) is 0 Å². The Morgan fingerprint density at radius 3 is 2.60 bits per heavy atom. The summed E-state index contributed by atoms with van der Waals surface area (Å²) in [5, 5.41) is 0. The van der Waals surface area contributed by atoms with Gasteiger partial charge in [-0.3, -0.25) is 0 Å². The second-order valence-electron chi connectivity index (χ2n) is 2.90. The third-order valence-electron chi connectivity index (χ3n) is 2.02. The molecular formula is C8H12S2. The van der Waals surface area contributed by atoms with Crippen molar-refractivity contribution in [2.45, 2.75) is 18.6 Å². The number of allylic oxidation sites excluding steroid dienone is 3. The fourth-order valence-corrected chi connectivity index (χ4v) is 1.61. The minimum absolute atomic E-state index is 0.0220. The first-order chi connectivity index (χ1) is 4.54. The highest BCUT2D eigenvalue weighted by molar-refractivity contribution is 7.85. The Bertz CT molecular complexity index is 189. The van der Waals surface area contributed by atoms with Gasteiger partial charge in [0.2, 0.25) is 0 Å². The second kappa shape index (κ2) is 2.67. The van der Waals surface area contributed by atoms with E-state index in [9.17, 15) is 0 Å². The van der Waals surface area contributed by atoms with Gasteiger partial charge in [-0.25, -0.2) is 0 Å². The van der Waals surface area contributed by atoms with E-state index in [4.69, 9.17) is 0 Å². The molecule has 0 saturated carbocycles. The molecule has 0 fully saturated rings. The van der Waals surface area contributed by atoms with E-state index in [0.29, 0.717) is 5.92 Å². The zero-order valence-electron chi connectivity index (χ0n) is 6.20. The molecular weight excluding hydrogens is 160 g/mol. The van der Waals surface area contributed by atoms with Crippen LogP contribution < -0.4 is 0 Å². The largest absolute Gasteiger partial charge is 0.168 e. The SMILES string of the molecule is CC1C(S)=CC=CC1(C)S. The molecule has 0 aromatic carbocycles. The molecule has 2 heteroatoms. The molecule has 0 aromatic rings. The maximum Gasteiger partial charge on any atom is 0.0354 e. The molecule has 0 spiro atoms. The summed E-state index contributed by atoms with van der Waals surface area (Å²) in [6.07, 6.45) is 6.13. The Kier molecular flexibility index (Phi) is 2.21. The van der Waals surface area contributed by atoms with Crippen molar-refractivity contribution < 1.29 is 0 Å². The molecule has 0 saturated heterocycles. The average molecular weight is 172 g/mol. The van der Waals surface area contributed by atoms with Crippen LogP contribution in [0.5, 0.6) is 0 Å². The van der Waals surface area contributed by atoms with Gasteiger partial charge in [0.25, 0.3) is 0 Å². The molecule has 1 aliphatic rings. The normalized spacial score (nSPS) is 39.6. The quantitative estimate of drug-likeness (QED) is 0.516. The molecule has 1 aliphatic carbocycles. The molecule has 2 unspecified atom stereocenters. The van der Waals surface area contributed by atoms with E-state index in [2.05, 4.69) is 45.2 Å². The summed E-state index contributed by atoms with van der Waals surface area (Å²) >= 11 is 8.83. The van der Waals surface area contributed by atoms with Crippen LogP contribution in [0, 0.1) is 5.92 Å². The van der Waals surface area contributed by atoms with Crippen LogP contribution >= 0.6 is 25.3 Å². The van der Waals surface area contributed by atoms with Crippen LogP contribution in [0.2, 0.25) is 0 Å². The van der Waals surface area contributed by atoms with E-state index in [1.807, 2.05) is 12.2 Å². The summed E-state index contributed by atoms with van der Waals surface area (Å²) in [5.74, 6) is 0.421. The molecule has 0 aliphatic heterocycles. The monoisotopic (exact) mass is 172 g/mol. The van der Waals surface area contributed by atoms with E-state index >= 15 is 0 Å². The maximum atomic E-state index is 4.50. The lowest BCUT2D eigenvalue weighted by Gasteiger charge is -2.30. The molecule has 0 aromatic heterocycles. The topological polar surface area (TPSA) is 0 Å². The maximum absolute atomic E-state index is 4.50. The number of hydrogen-bond donors (Lipinski definition) is 2. The third-order valence-corrected chi connectivity index (χ3v) is 3.09. The molecule has 2 atom stereocenters. The molecule has 56 valence electrons. The zero-order chi connectivity index (χ0) is 7.78.